The lowest BCUT2D eigenvalue weighted by Crippen LogP contribution is -2.40. The summed E-state index contributed by atoms with van der Waals surface area (Å²) < 4.78 is 7.58. The highest BCUT2D eigenvalue weighted by atomic mass is 16.5. The van der Waals surface area contributed by atoms with Crippen LogP contribution in [0.15, 0.2) is 12.1 Å². The van der Waals surface area contributed by atoms with E-state index in [1.165, 1.54) is 25.1 Å². The van der Waals surface area contributed by atoms with E-state index in [2.05, 4.69) is 32.1 Å². The van der Waals surface area contributed by atoms with E-state index in [1.807, 2.05) is 4.52 Å². The smallest absolute Gasteiger partial charge is 0.177 e. The maximum absolute atomic E-state index is 5.56. The maximum atomic E-state index is 5.56. The molecular weight excluding hydrogens is 340 g/mol. The molecule has 1 saturated carbocycles. The van der Waals surface area contributed by atoms with Gasteiger partial charge in [0.2, 0.25) is 0 Å². The van der Waals surface area contributed by atoms with Gasteiger partial charge in [0.1, 0.15) is 0 Å². The molecular formula is C20H30N6O. The van der Waals surface area contributed by atoms with Gasteiger partial charge in [0.15, 0.2) is 11.5 Å². The van der Waals surface area contributed by atoms with Gasteiger partial charge in [-0.1, -0.05) is 0 Å². The standard InChI is InChI=1S/C20H30N6O/c1-8-24(13-15-27-14-1)11-12-25-9-6-17(7-10-25)20-22-21-19-5-4-18(16-2-3-16)23-26(19)20/h4-5,16-17H,1-3,6-15H2. The van der Waals surface area contributed by atoms with Crippen molar-refractivity contribution in [3.8, 4) is 0 Å². The molecule has 0 unspecified atom stereocenters. The Hall–Kier alpha value is -1.57. The van der Waals surface area contributed by atoms with Crippen LogP contribution in [0.3, 0.4) is 0 Å². The molecule has 7 nitrogen and oxygen atoms in total. The first kappa shape index (κ1) is 17.5. The number of piperidine rings is 1. The Morgan fingerprint density at radius 1 is 0.852 bits per heavy atom. The summed E-state index contributed by atoms with van der Waals surface area (Å²) in [5.74, 6) is 2.21. The molecule has 3 fully saturated rings. The SMILES string of the molecule is c1cc2nnc(C3CCN(CCN4CCCOCC4)CC3)n2nc1C1CC1. The van der Waals surface area contributed by atoms with Gasteiger partial charge in [0.05, 0.1) is 12.3 Å². The van der Waals surface area contributed by atoms with Crippen molar-refractivity contribution in [2.45, 2.75) is 43.9 Å². The van der Waals surface area contributed by atoms with Crippen molar-refractivity contribution < 1.29 is 4.74 Å². The third kappa shape index (κ3) is 4.00. The van der Waals surface area contributed by atoms with Gasteiger partial charge >= 0.3 is 0 Å². The summed E-state index contributed by atoms with van der Waals surface area (Å²) in [6, 6.07) is 4.21. The zero-order chi connectivity index (χ0) is 18.1. The van der Waals surface area contributed by atoms with Crippen molar-refractivity contribution in [2.24, 2.45) is 0 Å². The lowest BCUT2D eigenvalue weighted by molar-refractivity contribution is 0.134. The molecule has 0 radical (unpaired) electrons. The highest BCUT2D eigenvalue weighted by Crippen LogP contribution is 2.39. The minimum atomic E-state index is 0.477. The van der Waals surface area contributed by atoms with Crippen LogP contribution >= 0.6 is 0 Å². The number of rotatable bonds is 5. The Labute approximate surface area is 160 Å². The van der Waals surface area contributed by atoms with Crippen LogP contribution in [-0.4, -0.2) is 82.1 Å². The molecule has 0 bridgehead atoms. The van der Waals surface area contributed by atoms with Crippen LogP contribution in [0.4, 0.5) is 0 Å². The van der Waals surface area contributed by atoms with Crippen LogP contribution in [0, 0.1) is 0 Å². The zero-order valence-electron chi connectivity index (χ0n) is 16.1. The molecule has 0 spiro atoms. The summed E-state index contributed by atoms with van der Waals surface area (Å²) in [6.07, 6.45) is 6.02. The Bertz CT molecular complexity index is 757. The first-order valence-corrected chi connectivity index (χ1v) is 10.6. The Morgan fingerprint density at radius 3 is 2.48 bits per heavy atom. The van der Waals surface area contributed by atoms with Crippen molar-refractivity contribution in [3.05, 3.63) is 23.7 Å². The van der Waals surface area contributed by atoms with Crippen LogP contribution in [0.1, 0.15) is 55.5 Å². The molecule has 0 atom stereocenters. The largest absolute Gasteiger partial charge is 0.380 e. The molecule has 0 amide bonds. The average Bonchev–Trinajstić information content (AvgIpc) is 3.51. The van der Waals surface area contributed by atoms with Gasteiger partial charge in [-0.15, -0.1) is 10.2 Å². The molecule has 2 aliphatic heterocycles. The van der Waals surface area contributed by atoms with Crippen LogP contribution < -0.4 is 0 Å². The van der Waals surface area contributed by atoms with Crippen molar-refractivity contribution >= 4 is 5.65 Å². The van der Waals surface area contributed by atoms with Gasteiger partial charge in [-0.3, -0.25) is 4.90 Å². The molecule has 27 heavy (non-hydrogen) atoms. The molecule has 0 N–H and O–H groups in total. The van der Waals surface area contributed by atoms with E-state index >= 15 is 0 Å². The molecule has 7 heteroatoms. The maximum Gasteiger partial charge on any atom is 0.177 e. The number of ether oxygens (including phenoxy) is 1. The Morgan fingerprint density at radius 2 is 1.67 bits per heavy atom. The van der Waals surface area contributed by atoms with Crippen molar-refractivity contribution in [1.82, 2.24) is 29.6 Å². The van der Waals surface area contributed by atoms with E-state index in [0.29, 0.717) is 11.8 Å². The van der Waals surface area contributed by atoms with Crippen LogP contribution in [0.25, 0.3) is 5.65 Å². The van der Waals surface area contributed by atoms with Crippen molar-refractivity contribution in [3.63, 3.8) is 0 Å². The minimum absolute atomic E-state index is 0.477. The number of nitrogens with zero attached hydrogens (tertiary/aromatic N) is 6. The lowest BCUT2D eigenvalue weighted by Gasteiger charge is -2.32. The number of likely N-dealkylation sites (tertiary alicyclic amines) is 1. The van der Waals surface area contributed by atoms with Crippen LogP contribution in [-0.2, 0) is 4.74 Å². The van der Waals surface area contributed by atoms with E-state index in [4.69, 9.17) is 9.84 Å². The molecule has 4 heterocycles. The lowest BCUT2D eigenvalue weighted by atomic mass is 9.96. The summed E-state index contributed by atoms with van der Waals surface area (Å²) in [5, 5.41) is 13.7. The number of hydrogen-bond donors (Lipinski definition) is 0. The van der Waals surface area contributed by atoms with Gasteiger partial charge in [-0.25, -0.2) is 0 Å². The molecule has 3 aliphatic rings. The van der Waals surface area contributed by atoms with E-state index in [-0.39, 0.29) is 0 Å². The van der Waals surface area contributed by atoms with Gasteiger partial charge in [0, 0.05) is 44.6 Å². The Balaban J connectivity index is 1.18. The molecule has 5 rings (SSSR count). The third-order valence-corrected chi connectivity index (χ3v) is 6.30. The fourth-order valence-electron chi connectivity index (χ4n) is 4.39. The summed E-state index contributed by atoms with van der Waals surface area (Å²) >= 11 is 0. The first-order chi connectivity index (χ1) is 13.4. The number of aromatic nitrogens is 4. The van der Waals surface area contributed by atoms with E-state index in [0.717, 1.165) is 76.7 Å². The molecule has 2 aromatic heterocycles. The van der Waals surface area contributed by atoms with Crippen molar-refractivity contribution in [2.75, 3.05) is 52.5 Å². The second-order valence-corrected chi connectivity index (χ2v) is 8.28. The topological polar surface area (TPSA) is 58.8 Å². The van der Waals surface area contributed by atoms with E-state index in [1.54, 1.807) is 0 Å². The highest BCUT2D eigenvalue weighted by molar-refractivity contribution is 5.38. The average molecular weight is 371 g/mol. The molecule has 0 aromatic carbocycles. The Kier molecular flexibility index (Phi) is 5.07. The highest BCUT2D eigenvalue weighted by Gasteiger charge is 2.28. The summed E-state index contributed by atoms with van der Waals surface area (Å²) in [4.78, 5) is 5.16. The number of fused-ring (bicyclic) bond motifs is 1. The van der Waals surface area contributed by atoms with E-state index in [9.17, 15) is 0 Å². The van der Waals surface area contributed by atoms with Gasteiger partial charge in [0.25, 0.3) is 0 Å². The first-order valence-electron chi connectivity index (χ1n) is 10.6. The van der Waals surface area contributed by atoms with Crippen LogP contribution in [0.5, 0.6) is 0 Å². The van der Waals surface area contributed by atoms with Gasteiger partial charge < -0.3 is 9.64 Å². The third-order valence-electron chi connectivity index (χ3n) is 6.30. The molecule has 1 aliphatic carbocycles. The monoisotopic (exact) mass is 370 g/mol. The summed E-state index contributed by atoms with van der Waals surface area (Å²) in [6.45, 7) is 8.68. The van der Waals surface area contributed by atoms with Gasteiger partial charge in [-0.05, 0) is 57.3 Å². The molecule has 2 saturated heterocycles. The van der Waals surface area contributed by atoms with Crippen molar-refractivity contribution in [1.29, 1.82) is 0 Å². The van der Waals surface area contributed by atoms with E-state index < -0.39 is 0 Å². The number of hydrogen-bond acceptors (Lipinski definition) is 6. The minimum Gasteiger partial charge on any atom is -0.380 e. The second-order valence-electron chi connectivity index (χ2n) is 8.28. The predicted molar refractivity (Wildman–Crippen MR) is 103 cm³/mol. The predicted octanol–water partition coefficient (Wildman–Crippen LogP) is 1.90. The quantitative estimate of drug-likeness (QED) is 0.801. The summed E-state index contributed by atoms with van der Waals surface area (Å²) in [5.41, 5.74) is 2.10. The zero-order valence-corrected chi connectivity index (χ0v) is 16.1. The normalized spacial score (nSPS) is 23.7. The second kappa shape index (κ2) is 7.81. The fourth-order valence-corrected chi connectivity index (χ4v) is 4.39. The molecule has 2 aromatic rings. The van der Waals surface area contributed by atoms with Gasteiger partial charge in [-0.2, -0.15) is 9.61 Å². The van der Waals surface area contributed by atoms with Crippen LogP contribution in [0.2, 0.25) is 0 Å². The fraction of sp³-hybridized carbons (Fsp3) is 0.750. The summed E-state index contributed by atoms with van der Waals surface area (Å²) in [7, 11) is 0. The molecule has 146 valence electrons.